The van der Waals surface area contributed by atoms with Crippen molar-refractivity contribution in [1.82, 2.24) is 0 Å². The van der Waals surface area contributed by atoms with Gasteiger partial charge in [-0.1, -0.05) is 58.8 Å². The van der Waals surface area contributed by atoms with Crippen LogP contribution in [-0.2, 0) is 9.47 Å². The lowest BCUT2D eigenvalue weighted by atomic mass is 9.69. The molecule has 138 valence electrons. The zero-order valence-electron chi connectivity index (χ0n) is 15.9. The normalized spacial score (nSPS) is 34.0. The lowest BCUT2D eigenvalue weighted by molar-refractivity contribution is -0.247. The Labute approximate surface area is 149 Å². The van der Waals surface area contributed by atoms with E-state index in [1.807, 2.05) is 0 Å². The van der Waals surface area contributed by atoms with Crippen LogP contribution < -0.4 is 0 Å². The number of unbranched alkanes of at least 4 members (excludes halogenated alkanes) is 4. The molecule has 0 aromatic rings. The predicted octanol–water partition coefficient (Wildman–Crippen LogP) is 5.84. The Kier molecular flexibility index (Phi) is 8.56. The molecule has 0 unspecified atom stereocenters. The molecule has 2 aliphatic rings. The highest BCUT2D eigenvalue weighted by molar-refractivity contribution is 5.04. The van der Waals surface area contributed by atoms with E-state index in [-0.39, 0.29) is 6.29 Å². The van der Waals surface area contributed by atoms with Gasteiger partial charge in [0.25, 0.3) is 0 Å². The van der Waals surface area contributed by atoms with Gasteiger partial charge in [-0.25, -0.2) is 0 Å². The lowest BCUT2D eigenvalue weighted by Gasteiger charge is -2.42. The van der Waals surface area contributed by atoms with Gasteiger partial charge in [-0.15, -0.1) is 0 Å². The molecule has 1 aliphatic heterocycles. The first-order chi connectivity index (χ1) is 11.7. The summed E-state index contributed by atoms with van der Waals surface area (Å²) >= 11 is 0. The highest BCUT2D eigenvalue weighted by atomic mass is 16.7. The largest absolute Gasteiger partial charge is 0.351 e. The third-order valence-electron chi connectivity index (χ3n) is 6.05. The first kappa shape index (κ1) is 19.7. The molecule has 1 saturated heterocycles. The zero-order chi connectivity index (χ0) is 17.3. The second-order valence-corrected chi connectivity index (χ2v) is 8.07. The van der Waals surface area contributed by atoms with Crippen LogP contribution in [0.1, 0.15) is 90.9 Å². The Bertz CT molecular complexity index is 374. The van der Waals surface area contributed by atoms with Crippen LogP contribution in [0.3, 0.4) is 0 Å². The first-order valence-corrected chi connectivity index (χ1v) is 10.4. The molecular formula is C21H37NO2. The average Bonchev–Trinajstić information content (AvgIpc) is 2.63. The van der Waals surface area contributed by atoms with Gasteiger partial charge in [-0.2, -0.15) is 5.26 Å². The molecule has 2 rings (SSSR count). The van der Waals surface area contributed by atoms with Crippen molar-refractivity contribution in [1.29, 1.82) is 5.26 Å². The van der Waals surface area contributed by atoms with Crippen LogP contribution in [0.4, 0.5) is 0 Å². The van der Waals surface area contributed by atoms with Crippen LogP contribution in [0.15, 0.2) is 0 Å². The number of nitrogens with zero attached hydrogens (tertiary/aromatic N) is 1. The topological polar surface area (TPSA) is 42.2 Å². The molecule has 24 heavy (non-hydrogen) atoms. The molecule has 3 nitrogen and oxygen atoms in total. The summed E-state index contributed by atoms with van der Waals surface area (Å²) in [6.07, 6.45) is 14.3. The molecule has 3 heteroatoms. The second-order valence-electron chi connectivity index (χ2n) is 8.07. The summed E-state index contributed by atoms with van der Waals surface area (Å²) in [5, 5.41) is 9.79. The number of rotatable bonds is 9. The third kappa shape index (κ3) is 5.46. The van der Waals surface area contributed by atoms with Gasteiger partial charge in [-0.3, -0.25) is 0 Å². The van der Waals surface area contributed by atoms with Gasteiger partial charge in [0.15, 0.2) is 6.29 Å². The summed E-state index contributed by atoms with van der Waals surface area (Å²) in [6, 6.07) is 2.58. The molecule has 0 bridgehead atoms. The van der Waals surface area contributed by atoms with E-state index in [0.29, 0.717) is 5.92 Å². The maximum absolute atomic E-state index is 9.79. The highest BCUT2D eigenvalue weighted by Gasteiger charge is 2.45. The van der Waals surface area contributed by atoms with Crippen LogP contribution >= 0.6 is 0 Å². The number of ether oxygens (including phenoxy) is 2. The SMILES string of the molecule is CCCCCCCC1COC([C@]2(C#N)CC[C@@H](CCC)CC2)OC1. The van der Waals surface area contributed by atoms with E-state index in [1.54, 1.807) is 0 Å². The van der Waals surface area contributed by atoms with E-state index in [9.17, 15) is 5.26 Å². The molecule has 0 N–H and O–H groups in total. The van der Waals surface area contributed by atoms with Gasteiger partial charge < -0.3 is 9.47 Å². The molecular weight excluding hydrogens is 298 g/mol. The molecule has 1 aliphatic carbocycles. The summed E-state index contributed by atoms with van der Waals surface area (Å²) in [7, 11) is 0. The van der Waals surface area contributed by atoms with E-state index in [2.05, 4.69) is 19.9 Å². The van der Waals surface area contributed by atoms with Crippen molar-refractivity contribution >= 4 is 0 Å². The quantitative estimate of drug-likeness (QED) is 0.497. The minimum absolute atomic E-state index is 0.290. The fraction of sp³-hybridized carbons (Fsp3) is 0.952. The van der Waals surface area contributed by atoms with Crippen molar-refractivity contribution in [2.45, 2.75) is 97.2 Å². The number of hydrogen-bond acceptors (Lipinski definition) is 3. The molecule has 0 aromatic heterocycles. The van der Waals surface area contributed by atoms with Crippen LogP contribution in [0.25, 0.3) is 0 Å². The number of nitriles is 1. The van der Waals surface area contributed by atoms with Crippen LogP contribution in [0.5, 0.6) is 0 Å². The predicted molar refractivity (Wildman–Crippen MR) is 97.5 cm³/mol. The summed E-state index contributed by atoms with van der Waals surface area (Å²) in [4.78, 5) is 0. The van der Waals surface area contributed by atoms with Gasteiger partial charge in [0.2, 0.25) is 0 Å². The summed E-state index contributed by atoms with van der Waals surface area (Å²) < 4.78 is 12.1. The van der Waals surface area contributed by atoms with Crippen molar-refractivity contribution in [3.63, 3.8) is 0 Å². The standard InChI is InChI=1S/C21H37NO2/c1-3-5-6-7-8-10-19-15-23-20(24-16-19)21(17-22)13-11-18(9-4-2)12-14-21/h18-20H,3-16H2,1-2H3/t18-,19?,20?,21-. The first-order valence-electron chi connectivity index (χ1n) is 10.4. The van der Waals surface area contributed by atoms with Gasteiger partial charge in [-0.05, 0) is 38.0 Å². The Balaban J connectivity index is 1.71. The monoisotopic (exact) mass is 335 g/mol. The van der Waals surface area contributed by atoms with Gasteiger partial charge >= 0.3 is 0 Å². The molecule has 0 atom stereocenters. The Morgan fingerprint density at radius 1 is 0.875 bits per heavy atom. The molecule has 0 radical (unpaired) electrons. The van der Waals surface area contributed by atoms with Crippen molar-refractivity contribution in [3.8, 4) is 6.07 Å². The van der Waals surface area contributed by atoms with Crippen molar-refractivity contribution < 1.29 is 9.47 Å². The molecule has 0 amide bonds. The minimum atomic E-state index is -0.393. The maximum atomic E-state index is 9.79. The molecule has 0 aromatic carbocycles. The minimum Gasteiger partial charge on any atom is -0.351 e. The molecule has 1 saturated carbocycles. The number of hydrogen-bond donors (Lipinski definition) is 0. The highest BCUT2D eigenvalue weighted by Crippen LogP contribution is 2.45. The fourth-order valence-electron chi connectivity index (χ4n) is 4.36. The van der Waals surface area contributed by atoms with E-state index in [1.165, 1.54) is 51.4 Å². The Morgan fingerprint density at radius 3 is 2.12 bits per heavy atom. The van der Waals surface area contributed by atoms with Gasteiger partial charge in [0.1, 0.15) is 5.41 Å². The Hall–Kier alpha value is -0.590. The van der Waals surface area contributed by atoms with Crippen LogP contribution in [0.2, 0.25) is 0 Å². The van der Waals surface area contributed by atoms with Crippen LogP contribution in [0, 0.1) is 28.6 Å². The fourth-order valence-corrected chi connectivity index (χ4v) is 4.36. The summed E-state index contributed by atoms with van der Waals surface area (Å²) in [5.74, 6) is 1.32. The van der Waals surface area contributed by atoms with Crippen molar-refractivity contribution in [2.24, 2.45) is 17.3 Å². The van der Waals surface area contributed by atoms with Crippen molar-refractivity contribution in [3.05, 3.63) is 0 Å². The maximum Gasteiger partial charge on any atom is 0.176 e. The molecule has 1 heterocycles. The zero-order valence-corrected chi connectivity index (χ0v) is 15.9. The van der Waals surface area contributed by atoms with Gasteiger partial charge in [0, 0.05) is 5.92 Å². The van der Waals surface area contributed by atoms with E-state index in [4.69, 9.17) is 9.47 Å². The Morgan fingerprint density at radius 2 is 1.54 bits per heavy atom. The lowest BCUT2D eigenvalue weighted by Crippen LogP contribution is -2.45. The smallest absolute Gasteiger partial charge is 0.176 e. The van der Waals surface area contributed by atoms with E-state index >= 15 is 0 Å². The summed E-state index contributed by atoms with van der Waals surface area (Å²) in [6.45, 7) is 6.06. The van der Waals surface area contributed by atoms with E-state index in [0.717, 1.165) is 44.8 Å². The van der Waals surface area contributed by atoms with Crippen LogP contribution in [-0.4, -0.2) is 19.5 Å². The van der Waals surface area contributed by atoms with Crippen molar-refractivity contribution in [2.75, 3.05) is 13.2 Å². The second kappa shape index (κ2) is 10.4. The molecule has 2 fully saturated rings. The summed E-state index contributed by atoms with van der Waals surface area (Å²) in [5.41, 5.74) is -0.393. The third-order valence-corrected chi connectivity index (χ3v) is 6.05. The van der Waals surface area contributed by atoms with Gasteiger partial charge in [0.05, 0.1) is 19.3 Å². The van der Waals surface area contributed by atoms with E-state index < -0.39 is 5.41 Å². The molecule has 0 spiro atoms. The average molecular weight is 336 g/mol.